The van der Waals surface area contributed by atoms with Crippen molar-refractivity contribution in [3.63, 3.8) is 0 Å². The highest BCUT2D eigenvalue weighted by molar-refractivity contribution is 5.56. The first-order valence-corrected chi connectivity index (χ1v) is 6.14. The van der Waals surface area contributed by atoms with E-state index in [0.29, 0.717) is 5.82 Å². The number of nitrogen functional groups attached to an aromatic ring is 1. The van der Waals surface area contributed by atoms with Crippen LogP contribution in [0.15, 0.2) is 30.6 Å². The van der Waals surface area contributed by atoms with Crippen molar-refractivity contribution in [2.24, 2.45) is 0 Å². The molecule has 0 bridgehead atoms. The maximum Gasteiger partial charge on any atom is 0.130 e. The Morgan fingerprint density at radius 1 is 1.22 bits per heavy atom. The Hall–Kier alpha value is -2.10. The summed E-state index contributed by atoms with van der Waals surface area (Å²) in [6, 6.07) is 8.44. The molecule has 2 heterocycles. The monoisotopic (exact) mass is 240 g/mol. The van der Waals surface area contributed by atoms with Gasteiger partial charge in [0.25, 0.3) is 0 Å². The van der Waals surface area contributed by atoms with Crippen LogP contribution in [-0.4, -0.2) is 16.5 Å². The van der Waals surface area contributed by atoms with Crippen LogP contribution in [0.5, 0.6) is 0 Å². The summed E-state index contributed by atoms with van der Waals surface area (Å²) in [5.74, 6) is 0.629. The first-order chi connectivity index (χ1) is 8.75. The molecular formula is C14H16N4. The first kappa shape index (κ1) is 11.0. The van der Waals surface area contributed by atoms with Crippen LogP contribution in [0.4, 0.5) is 11.5 Å². The SMILES string of the molecule is Cc1ccccc1N1CCc2c(N)ncnc2C1. The number of hydrogen-bond acceptors (Lipinski definition) is 4. The standard InChI is InChI=1S/C14H16N4/c1-10-4-2-3-5-13(10)18-7-6-11-12(8-18)16-9-17-14(11)15/h2-5,9H,6-8H2,1H3,(H2,15,16,17). The molecule has 1 aromatic heterocycles. The number of benzene rings is 1. The minimum atomic E-state index is 0.629. The van der Waals surface area contributed by atoms with E-state index in [0.717, 1.165) is 30.8 Å². The molecule has 3 rings (SSSR count). The van der Waals surface area contributed by atoms with Crippen molar-refractivity contribution < 1.29 is 0 Å². The van der Waals surface area contributed by atoms with Gasteiger partial charge in [0, 0.05) is 17.8 Å². The smallest absolute Gasteiger partial charge is 0.130 e. The molecule has 0 fully saturated rings. The number of nitrogens with two attached hydrogens (primary N) is 1. The number of aryl methyl sites for hydroxylation is 1. The molecule has 0 spiro atoms. The highest BCUT2D eigenvalue weighted by atomic mass is 15.1. The molecule has 1 aromatic carbocycles. The molecule has 18 heavy (non-hydrogen) atoms. The van der Waals surface area contributed by atoms with E-state index in [1.165, 1.54) is 11.3 Å². The van der Waals surface area contributed by atoms with Gasteiger partial charge in [-0.2, -0.15) is 0 Å². The fourth-order valence-corrected chi connectivity index (χ4v) is 2.50. The van der Waals surface area contributed by atoms with Gasteiger partial charge in [0.05, 0.1) is 12.2 Å². The molecule has 2 N–H and O–H groups in total. The average Bonchev–Trinajstić information content (AvgIpc) is 2.39. The summed E-state index contributed by atoms with van der Waals surface area (Å²) >= 11 is 0. The van der Waals surface area contributed by atoms with Crippen molar-refractivity contribution in [2.75, 3.05) is 17.2 Å². The number of fused-ring (bicyclic) bond motifs is 1. The first-order valence-electron chi connectivity index (χ1n) is 6.14. The largest absolute Gasteiger partial charge is 0.383 e. The van der Waals surface area contributed by atoms with Crippen molar-refractivity contribution in [1.29, 1.82) is 0 Å². The van der Waals surface area contributed by atoms with Crippen molar-refractivity contribution in [3.8, 4) is 0 Å². The lowest BCUT2D eigenvalue weighted by Crippen LogP contribution is -2.32. The highest BCUT2D eigenvalue weighted by Gasteiger charge is 2.20. The molecular weight excluding hydrogens is 224 g/mol. The summed E-state index contributed by atoms with van der Waals surface area (Å²) in [5.41, 5.74) is 10.6. The van der Waals surface area contributed by atoms with Crippen LogP contribution < -0.4 is 10.6 Å². The van der Waals surface area contributed by atoms with Gasteiger partial charge < -0.3 is 10.6 Å². The summed E-state index contributed by atoms with van der Waals surface area (Å²) in [5, 5.41) is 0. The second-order valence-electron chi connectivity index (χ2n) is 4.64. The maximum absolute atomic E-state index is 5.89. The number of para-hydroxylation sites is 1. The molecule has 0 amide bonds. The number of rotatable bonds is 1. The van der Waals surface area contributed by atoms with Crippen LogP contribution in [0.25, 0.3) is 0 Å². The Kier molecular flexibility index (Phi) is 2.63. The predicted octanol–water partition coefficient (Wildman–Crippen LogP) is 1.93. The average molecular weight is 240 g/mol. The Morgan fingerprint density at radius 2 is 2.06 bits per heavy atom. The van der Waals surface area contributed by atoms with Crippen LogP contribution in [0.3, 0.4) is 0 Å². The van der Waals surface area contributed by atoms with Crippen molar-refractivity contribution in [1.82, 2.24) is 9.97 Å². The van der Waals surface area contributed by atoms with E-state index >= 15 is 0 Å². The van der Waals surface area contributed by atoms with Crippen LogP contribution in [0, 0.1) is 6.92 Å². The molecule has 1 aliphatic rings. The zero-order valence-corrected chi connectivity index (χ0v) is 10.4. The molecule has 0 atom stereocenters. The summed E-state index contributed by atoms with van der Waals surface area (Å²) in [4.78, 5) is 10.8. The van der Waals surface area contributed by atoms with E-state index in [1.807, 2.05) is 0 Å². The molecule has 4 heteroatoms. The third kappa shape index (κ3) is 1.79. The molecule has 0 saturated heterocycles. The van der Waals surface area contributed by atoms with Gasteiger partial charge in [-0.15, -0.1) is 0 Å². The van der Waals surface area contributed by atoms with E-state index in [4.69, 9.17) is 5.73 Å². The van der Waals surface area contributed by atoms with Crippen molar-refractivity contribution in [3.05, 3.63) is 47.4 Å². The lowest BCUT2D eigenvalue weighted by Gasteiger charge is -2.31. The second-order valence-corrected chi connectivity index (χ2v) is 4.64. The maximum atomic E-state index is 5.89. The van der Waals surface area contributed by atoms with E-state index in [2.05, 4.69) is 46.1 Å². The lowest BCUT2D eigenvalue weighted by molar-refractivity contribution is 0.704. The quantitative estimate of drug-likeness (QED) is 0.827. The second kappa shape index (κ2) is 4.29. The molecule has 2 aromatic rings. The molecule has 0 unspecified atom stereocenters. The van der Waals surface area contributed by atoms with E-state index in [1.54, 1.807) is 6.33 Å². The van der Waals surface area contributed by atoms with Crippen molar-refractivity contribution in [2.45, 2.75) is 19.9 Å². The minimum Gasteiger partial charge on any atom is -0.383 e. The van der Waals surface area contributed by atoms with Crippen LogP contribution in [0.1, 0.15) is 16.8 Å². The van der Waals surface area contributed by atoms with E-state index in [9.17, 15) is 0 Å². The highest BCUT2D eigenvalue weighted by Crippen LogP contribution is 2.27. The molecule has 1 aliphatic heterocycles. The fourth-order valence-electron chi connectivity index (χ4n) is 2.50. The van der Waals surface area contributed by atoms with Gasteiger partial charge in [-0.3, -0.25) is 0 Å². The van der Waals surface area contributed by atoms with Crippen LogP contribution in [0.2, 0.25) is 0 Å². The van der Waals surface area contributed by atoms with E-state index < -0.39 is 0 Å². The number of aromatic nitrogens is 2. The molecule has 4 nitrogen and oxygen atoms in total. The van der Waals surface area contributed by atoms with Gasteiger partial charge in [0.1, 0.15) is 12.1 Å². The molecule has 0 saturated carbocycles. The number of anilines is 2. The normalized spacial score (nSPS) is 14.4. The van der Waals surface area contributed by atoms with Gasteiger partial charge in [-0.05, 0) is 25.0 Å². The lowest BCUT2D eigenvalue weighted by atomic mass is 10.0. The summed E-state index contributed by atoms with van der Waals surface area (Å²) in [6.45, 7) is 3.92. The van der Waals surface area contributed by atoms with Crippen LogP contribution >= 0.6 is 0 Å². The molecule has 92 valence electrons. The Bertz CT molecular complexity index is 580. The van der Waals surface area contributed by atoms with Gasteiger partial charge in [-0.1, -0.05) is 18.2 Å². The molecule has 0 aliphatic carbocycles. The van der Waals surface area contributed by atoms with E-state index in [-0.39, 0.29) is 0 Å². The fraction of sp³-hybridized carbons (Fsp3) is 0.286. The van der Waals surface area contributed by atoms with Crippen molar-refractivity contribution >= 4 is 11.5 Å². The van der Waals surface area contributed by atoms with Gasteiger partial charge >= 0.3 is 0 Å². The third-order valence-electron chi connectivity index (χ3n) is 3.50. The molecule has 0 radical (unpaired) electrons. The Labute approximate surface area is 106 Å². The minimum absolute atomic E-state index is 0.629. The predicted molar refractivity (Wildman–Crippen MR) is 72.4 cm³/mol. The topological polar surface area (TPSA) is 55.0 Å². The summed E-state index contributed by atoms with van der Waals surface area (Å²) in [7, 11) is 0. The third-order valence-corrected chi connectivity index (χ3v) is 3.50. The zero-order valence-electron chi connectivity index (χ0n) is 10.4. The summed E-state index contributed by atoms with van der Waals surface area (Å²) < 4.78 is 0. The number of nitrogens with zero attached hydrogens (tertiary/aromatic N) is 3. The van der Waals surface area contributed by atoms with Gasteiger partial charge in [-0.25, -0.2) is 9.97 Å². The Balaban J connectivity index is 1.94. The van der Waals surface area contributed by atoms with Crippen LogP contribution in [-0.2, 0) is 13.0 Å². The Morgan fingerprint density at radius 3 is 2.89 bits per heavy atom. The zero-order chi connectivity index (χ0) is 12.5. The summed E-state index contributed by atoms with van der Waals surface area (Å²) in [6.07, 6.45) is 2.46. The number of hydrogen-bond donors (Lipinski definition) is 1. The van der Waals surface area contributed by atoms with Gasteiger partial charge in [0.15, 0.2) is 0 Å². The van der Waals surface area contributed by atoms with Gasteiger partial charge in [0.2, 0.25) is 0 Å².